The van der Waals surface area contributed by atoms with E-state index in [0.717, 1.165) is 12.8 Å². The van der Waals surface area contributed by atoms with Gasteiger partial charge in [-0.15, -0.1) is 0 Å². The van der Waals surface area contributed by atoms with E-state index in [1.165, 1.54) is 0 Å². The quantitative estimate of drug-likeness (QED) is 0.573. The van der Waals surface area contributed by atoms with E-state index in [2.05, 4.69) is 6.92 Å². The maximum Gasteiger partial charge on any atom is 0.156 e. The van der Waals surface area contributed by atoms with Crippen LogP contribution in [0.3, 0.4) is 0 Å². The van der Waals surface area contributed by atoms with Gasteiger partial charge < -0.3 is 14.3 Å². The average molecular weight is 188 g/mol. The topological polar surface area (TPSA) is 35.5 Å². The summed E-state index contributed by atoms with van der Waals surface area (Å²) in [7, 11) is 3.26. The van der Waals surface area contributed by atoms with Crippen molar-refractivity contribution in [1.82, 2.24) is 0 Å². The fourth-order valence-corrected chi connectivity index (χ4v) is 1.35. The first-order valence-electron chi connectivity index (χ1n) is 4.65. The number of Topliss-reactive ketones (excluding diaryl/α,β-unsaturated/α-hetero) is 1. The number of hydrogen-bond donors (Lipinski definition) is 0. The first-order chi connectivity index (χ1) is 6.10. The van der Waals surface area contributed by atoms with Crippen LogP contribution in [0.1, 0.15) is 33.1 Å². The molecule has 0 aromatic rings. The maximum absolute atomic E-state index is 10.8. The lowest BCUT2D eigenvalue weighted by atomic mass is 10.00. The summed E-state index contributed by atoms with van der Waals surface area (Å²) >= 11 is 0. The summed E-state index contributed by atoms with van der Waals surface area (Å²) in [5.74, 6) is 0.671. The summed E-state index contributed by atoms with van der Waals surface area (Å²) in [6, 6.07) is 0. The standard InChI is InChI=1S/C10H20O3/c1-8(7-9(2)11)5-6-10(12-3)13-4/h8,10H,5-7H2,1-4H3. The zero-order valence-corrected chi connectivity index (χ0v) is 9.00. The van der Waals surface area contributed by atoms with Crippen LogP contribution in [0.5, 0.6) is 0 Å². The SMILES string of the molecule is COC(CCC(C)CC(C)=O)OC. The molecule has 0 aromatic heterocycles. The number of rotatable bonds is 7. The van der Waals surface area contributed by atoms with Crippen LogP contribution >= 0.6 is 0 Å². The van der Waals surface area contributed by atoms with E-state index in [1.54, 1.807) is 21.1 Å². The van der Waals surface area contributed by atoms with Crippen LogP contribution in [0.2, 0.25) is 0 Å². The first-order valence-corrected chi connectivity index (χ1v) is 4.65. The van der Waals surface area contributed by atoms with E-state index in [1.807, 2.05) is 0 Å². The average Bonchev–Trinajstić information content (AvgIpc) is 2.05. The van der Waals surface area contributed by atoms with E-state index in [9.17, 15) is 4.79 Å². The lowest BCUT2D eigenvalue weighted by molar-refractivity contribution is -0.119. The highest BCUT2D eigenvalue weighted by Gasteiger charge is 2.10. The number of methoxy groups -OCH3 is 2. The minimum absolute atomic E-state index is 0.130. The van der Waals surface area contributed by atoms with Crippen molar-refractivity contribution >= 4 is 5.78 Å². The van der Waals surface area contributed by atoms with Gasteiger partial charge in [-0.25, -0.2) is 0 Å². The molecule has 1 atom stereocenters. The van der Waals surface area contributed by atoms with Crippen LogP contribution < -0.4 is 0 Å². The lowest BCUT2D eigenvalue weighted by Crippen LogP contribution is -2.14. The van der Waals surface area contributed by atoms with Crippen LogP contribution in [-0.2, 0) is 14.3 Å². The zero-order valence-electron chi connectivity index (χ0n) is 9.00. The van der Waals surface area contributed by atoms with Crippen molar-refractivity contribution in [3.8, 4) is 0 Å². The Morgan fingerprint density at radius 2 is 1.77 bits per heavy atom. The fraction of sp³-hybridized carbons (Fsp3) is 0.900. The second-order valence-corrected chi connectivity index (χ2v) is 3.49. The van der Waals surface area contributed by atoms with Crippen LogP contribution in [0.25, 0.3) is 0 Å². The molecule has 3 nitrogen and oxygen atoms in total. The molecular formula is C10H20O3. The van der Waals surface area contributed by atoms with Gasteiger partial charge in [0.1, 0.15) is 5.78 Å². The summed E-state index contributed by atoms with van der Waals surface area (Å²) in [4.78, 5) is 10.8. The Bertz CT molecular complexity index is 141. The molecule has 0 heterocycles. The van der Waals surface area contributed by atoms with Crippen molar-refractivity contribution in [2.24, 2.45) is 5.92 Å². The van der Waals surface area contributed by atoms with Crippen molar-refractivity contribution in [3.05, 3.63) is 0 Å². The zero-order chi connectivity index (χ0) is 10.3. The summed E-state index contributed by atoms with van der Waals surface area (Å²) in [6.45, 7) is 3.70. The minimum Gasteiger partial charge on any atom is -0.356 e. The van der Waals surface area contributed by atoms with E-state index in [0.29, 0.717) is 12.3 Å². The lowest BCUT2D eigenvalue weighted by Gasteiger charge is -2.15. The van der Waals surface area contributed by atoms with E-state index in [4.69, 9.17) is 9.47 Å². The van der Waals surface area contributed by atoms with Gasteiger partial charge in [0.2, 0.25) is 0 Å². The van der Waals surface area contributed by atoms with Gasteiger partial charge in [-0.2, -0.15) is 0 Å². The van der Waals surface area contributed by atoms with E-state index in [-0.39, 0.29) is 12.1 Å². The smallest absolute Gasteiger partial charge is 0.156 e. The van der Waals surface area contributed by atoms with Crippen LogP contribution in [0, 0.1) is 5.92 Å². The molecule has 0 saturated carbocycles. The maximum atomic E-state index is 10.8. The van der Waals surface area contributed by atoms with Gasteiger partial charge >= 0.3 is 0 Å². The summed E-state index contributed by atoms with van der Waals surface area (Å²) < 4.78 is 10.1. The van der Waals surface area contributed by atoms with Crippen molar-refractivity contribution in [2.45, 2.75) is 39.4 Å². The number of ether oxygens (including phenoxy) is 2. The van der Waals surface area contributed by atoms with Crippen molar-refractivity contribution < 1.29 is 14.3 Å². The summed E-state index contributed by atoms with van der Waals surface area (Å²) in [5.41, 5.74) is 0. The first kappa shape index (κ1) is 12.6. The van der Waals surface area contributed by atoms with Crippen LogP contribution in [-0.4, -0.2) is 26.3 Å². The van der Waals surface area contributed by atoms with Gasteiger partial charge in [0.25, 0.3) is 0 Å². The highest BCUT2D eigenvalue weighted by Crippen LogP contribution is 2.13. The van der Waals surface area contributed by atoms with Crippen LogP contribution in [0.15, 0.2) is 0 Å². The Morgan fingerprint density at radius 1 is 1.23 bits per heavy atom. The number of ketones is 1. The fourth-order valence-electron chi connectivity index (χ4n) is 1.35. The largest absolute Gasteiger partial charge is 0.356 e. The molecule has 0 radical (unpaired) electrons. The third-order valence-corrected chi connectivity index (χ3v) is 2.06. The van der Waals surface area contributed by atoms with Gasteiger partial charge in [0.05, 0.1) is 0 Å². The van der Waals surface area contributed by atoms with Crippen molar-refractivity contribution in [3.63, 3.8) is 0 Å². The molecule has 0 bridgehead atoms. The monoisotopic (exact) mass is 188 g/mol. The predicted molar refractivity (Wildman–Crippen MR) is 51.5 cm³/mol. The van der Waals surface area contributed by atoms with E-state index < -0.39 is 0 Å². The van der Waals surface area contributed by atoms with Crippen molar-refractivity contribution in [2.75, 3.05) is 14.2 Å². The Kier molecular flexibility index (Phi) is 6.82. The normalized spacial score (nSPS) is 13.3. The number of carbonyl (C=O) groups excluding carboxylic acids is 1. The summed E-state index contributed by atoms with van der Waals surface area (Å²) in [6.07, 6.45) is 2.34. The van der Waals surface area contributed by atoms with Gasteiger partial charge in [-0.3, -0.25) is 0 Å². The Labute approximate surface area is 80.4 Å². The Hall–Kier alpha value is -0.410. The van der Waals surface area contributed by atoms with Gasteiger partial charge in [0.15, 0.2) is 6.29 Å². The van der Waals surface area contributed by atoms with Crippen molar-refractivity contribution in [1.29, 1.82) is 0 Å². The molecule has 0 fully saturated rings. The molecule has 78 valence electrons. The molecule has 0 spiro atoms. The molecule has 3 heteroatoms. The molecule has 1 unspecified atom stereocenters. The van der Waals surface area contributed by atoms with Gasteiger partial charge in [0, 0.05) is 20.6 Å². The Balaban J connectivity index is 3.55. The van der Waals surface area contributed by atoms with Gasteiger partial charge in [-0.05, 0) is 25.7 Å². The second-order valence-electron chi connectivity index (χ2n) is 3.49. The Morgan fingerprint density at radius 3 is 2.15 bits per heavy atom. The molecule has 0 aliphatic heterocycles. The third kappa shape index (κ3) is 6.72. The van der Waals surface area contributed by atoms with Crippen LogP contribution in [0.4, 0.5) is 0 Å². The predicted octanol–water partition coefficient (Wildman–Crippen LogP) is 2.00. The molecular weight excluding hydrogens is 168 g/mol. The molecule has 13 heavy (non-hydrogen) atoms. The number of hydrogen-bond acceptors (Lipinski definition) is 3. The van der Waals surface area contributed by atoms with E-state index >= 15 is 0 Å². The highest BCUT2D eigenvalue weighted by atomic mass is 16.7. The molecule has 0 aliphatic rings. The highest BCUT2D eigenvalue weighted by molar-refractivity contribution is 5.75. The molecule has 0 aromatic carbocycles. The third-order valence-electron chi connectivity index (χ3n) is 2.06. The molecule has 0 N–H and O–H groups in total. The molecule has 0 saturated heterocycles. The molecule has 0 amide bonds. The summed E-state index contributed by atoms with van der Waals surface area (Å²) in [5, 5.41) is 0. The second kappa shape index (κ2) is 7.04. The molecule has 0 rings (SSSR count). The van der Waals surface area contributed by atoms with Gasteiger partial charge in [-0.1, -0.05) is 6.92 Å². The molecule has 0 aliphatic carbocycles. The minimum atomic E-state index is -0.130. The number of carbonyl (C=O) groups is 1.